The van der Waals surface area contributed by atoms with Crippen LogP contribution in [-0.2, 0) is 5.41 Å². The predicted octanol–water partition coefficient (Wildman–Crippen LogP) is 4.97. The third kappa shape index (κ3) is 3.82. The zero-order valence-electron chi connectivity index (χ0n) is 12.9. The van der Waals surface area contributed by atoms with Gasteiger partial charge in [-0.25, -0.2) is 4.39 Å². The summed E-state index contributed by atoms with van der Waals surface area (Å²) in [5.41, 5.74) is 1.73. The maximum atomic E-state index is 13.3. The average Bonchev–Trinajstić information content (AvgIpc) is 2.40. The molecule has 0 aliphatic rings. The van der Waals surface area contributed by atoms with Gasteiger partial charge >= 0.3 is 0 Å². The number of aliphatic hydroxyl groups excluding tert-OH is 1. The standard InChI is InChI=1S/C18H21FO2/c1-12(20)16-11-14(19)7-10-17(16)21-15-8-5-13(6-9-15)18(2,3)4/h5-12,20H,1-4H3/t12-/m1/s1. The molecular weight excluding hydrogens is 267 g/mol. The Morgan fingerprint density at radius 3 is 2.19 bits per heavy atom. The van der Waals surface area contributed by atoms with E-state index in [0.717, 1.165) is 0 Å². The van der Waals surface area contributed by atoms with Gasteiger partial charge in [-0.3, -0.25) is 0 Å². The van der Waals surface area contributed by atoms with Crippen LogP contribution in [0.15, 0.2) is 42.5 Å². The van der Waals surface area contributed by atoms with Gasteiger partial charge in [-0.05, 0) is 48.2 Å². The number of rotatable bonds is 3. The van der Waals surface area contributed by atoms with Crippen molar-refractivity contribution in [3.63, 3.8) is 0 Å². The summed E-state index contributed by atoms with van der Waals surface area (Å²) in [5, 5.41) is 9.71. The molecule has 112 valence electrons. The van der Waals surface area contributed by atoms with Crippen molar-refractivity contribution >= 4 is 0 Å². The van der Waals surface area contributed by atoms with E-state index >= 15 is 0 Å². The first-order chi connectivity index (χ1) is 9.77. The summed E-state index contributed by atoms with van der Waals surface area (Å²) in [5.74, 6) is 0.743. The molecule has 2 aromatic carbocycles. The molecule has 0 fully saturated rings. The Hall–Kier alpha value is -1.87. The van der Waals surface area contributed by atoms with Gasteiger partial charge in [-0.1, -0.05) is 32.9 Å². The lowest BCUT2D eigenvalue weighted by atomic mass is 9.87. The fraction of sp³-hybridized carbons (Fsp3) is 0.333. The maximum absolute atomic E-state index is 13.3. The van der Waals surface area contributed by atoms with Crippen molar-refractivity contribution in [2.75, 3.05) is 0 Å². The van der Waals surface area contributed by atoms with E-state index in [1.54, 1.807) is 6.92 Å². The maximum Gasteiger partial charge on any atom is 0.133 e. The van der Waals surface area contributed by atoms with E-state index < -0.39 is 6.10 Å². The van der Waals surface area contributed by atoms with E-state index in [0.29, 0.717) is 17.1 Å². The molecule has 0 saturated carbocycles. The number of ether oxygens (including phenoxy) is 1. The Kier molecular flexibility index (Phi) is 4.33. The Labute approximate surface area is 125 Å². The zero-order valence-corrected chi connectivity index (χ0v) is 12.9. The van der Waals surface area contributed by atoms with Crippen LogP contribution in [0.4, 0.5) is 4.39 Å². The highest BCUT2D eigenvalue weighted by Gasteiger charge is 2.14. The number of halogens is 1. The molecule has 1 atom stereocenters. The second-order valence-corrected chi connectivity index (χ2v) is 6.23. The molecule has 0 unspecified atom stereocenters. The van der Waals surface area contributed by atoms with Crippen LogP contribution in [0.3, 0.4) is 0 Å². The molecule has 0 aliphatic carbocycles. The number of benzene rings is 2. The number of hydrogen-bond donors (Lipinski definition) is 1. The van der Waals surface area contributed by atoms with Gasteiger partial charge in [0, 0.05) is 5.56 Å². The smallest absolute Gasteiger partial charge is 0.133 e. The fourth-order valence-corrected chi connectivity index (χ4v) is 2.09. The van der Waals surface area contributed by atoms with Gasteiger partial charge in [0.15, 0.2) is 0 Å². The zero-order chi connectivity index (χ0) is 15.6. The number of aliphatic hydroxyl groups is 1. The molecule has 0 spiro atoms. The van der Waals surface area contributed by atoms with Crippen LogP contribution in [0.2, 0.25) is 0 Å². The highest BCUT2D eigenvalue weighted by Crippen LogP contribution is 2.31. The predicted molar refractivity (Wildman–Crippen MR) is 82.2 cm³/mol. The van der Waals surface area contributed by atoms with Crippen molar-refractivity contribution in [3.05, 3.63) is 59.4 Å². The van der Waals surface area contributed by atoms with E-state index in [1.807, 2.05) is 24.3 Å². The monoisotopic (exact) mass is 288 g/mol. The van der Waals surface area contributed by atoms with E-state index in [1.165, 1.54) is 23.8 Å². The molecule has 2 rings (SSSR count). The second kappa shape index (κ2) is 5.86. The lowest BCUT2D eigenvalue weighted by Crippen LogP contribution is -2.10. The molecule has 21 heavy (non-hydrogen) atoms. The average molecular weight is 288 g/mol. The molecule has 0 aliphatic heterocycles. The van der Waals surface area contributed by atoms with Crippen molar-refractivity contribution in [1.29, 1.82) is 0 Å². The fourth-order valence-electron chi connectivity index (χ4n) is 2.09. The van der Waals surface area contributed by atoms with Gasteiger partial charge in [0.1, 0.15) is 17.3 Å². The van der Waals surface area contributed by atoms with E-state index in [-0.39, 0.29) is 11.2 Å². The van der Waals surface area contributed by atoms with Gasteiger partial charge in [-0.2, -0.15) is 0 Å². The molecule has 1 N–H and O–H groups in total. The molecule has 0 aromatic heterocycles. The molecular formula is C18H21FO2. The van der Waals surface area contributed by atoms with E-state index in [9.17, 15) is 9.50 Å². The molecule has 0 bridgehead atoms. The summed E-state index contributed by atoms with van der Waals surface area (Å²) in [7, 11) is 0. The minimum Gasteiger partial charge on any atom is -0.457 e. The Bertz CT molecular complexity index is 610. The van der Waals surface area contributed by atoms with Gasteiger partial charge in [0.05, 0.1) is 6.10 Å². The molecule has 0 radical (unpaired) electrons. The Morgan fingerprint density at radius 2 is 1.67 bits per heavy atom. The van der Waals surface area contributed by atoms with Crippen LogP contribution in [0.25, 0.3) is 0 Å². The van der Waals surface area contributed by atoms with Crippen molar-refractivity contribution in [2.45, 2.75) is 39.2 Å². The van der Waals surface area contributed by atoms with Crippen molar-refractivity contribution in [1.82, 2.24) is 0 Å². The highest BCUT2D eigenvalue weighted by atomic mass is 19.1. The van der Waals surface area contributed by atoms with Gasteiger partial charge in [0.2, 0.25) is 0 Å². The lowest BCUT2D eigenvalue weighted by molar-refractivity contribution is 0.195. The third-order valence-electron chi connectivity index (χ3n) is 3.37. The normalized spacial score (nSPS) is 13.0. The summed E-state index contributed by atoms with van der Waals surface area (Å²) in [4.78, 5) is 0. The van der Waals surface area contributed by atoms with Crippen LogP contribution in [0.5, 0.6) is 11.5 Å². The Balaban J connectivity index is 2.26. The third-order valence-corrected chi connectivity index (χ3v) is 3.37. The summed E-state index contributed by atoms with van der Waals surface area (Å²) in [6.07, 6.45) is -0.787. The van der Waals surface area contributed by atoms with E-state index in [2.05, 4.69) is 20.8 Å². The van der Waals surface area contributed by atoms with Crippen molar-refractivity contribution in [2.24, 2.45) is 0 Å². The number of hydrogen-bond acceptors (Lipinski definition) is 2. The van der Waals surface area contributed by atoms with Gasteiger partial charge < -0.3 is 9.84 Å². The summed E-state index contributed by atoms with van der Waals surface area (Å²) < 4.78 is 19.0. The lowest BCUT2D eigenvalue weighted by Gasteiger charge is -2.19. The van der Waals surface area contributed by atoms with Gasteiger partial charge in [0.25, 0.3) is 0 Å². The first-order valence-corrected chi connectivity index (χ1v) is 7.03. The van der Waals surface area contributed by atoms with Crippen LogP contribution < -0.4 is 4.74 Å². The molecule has 3 heteroatoms. The van der Waals surface area contributed by atoms with Crippen LogP contribution >= 0.6 is 0 Å². The van der Waals surface area contributed by atoms with Crippen molar-refractivity contribution in [3.8, 4) is 11.5 Å². The summed E-state index contributed by atoms with van der Waals surface area (Å²) in [6, 6.07) is 12.0. The van der Waals surface area contributed by atoms with Crippen LogP contribution in [0, 0.1) is 5.82 Å². The summed E-state index contributed by atoms with van der Waals surface area (Å²) >= 11 is 0. The largest absolute Gasteiger partial charge is 0.457 e. The van der Waals surface area contributed by atoms with Crippen LogP contribution in [0.1, 0.15) is 44.9 Å². The minimum absolute atomic E-state index is 0.0825. The molecule has 2 nitrogen and oxygen atoms in total. The first kappa shape index (κ1) is 15.5. The Morgan fingerprint density at radius 1 is 1.05 bits per heavy atom. The second-order valence-electron chi connectivity index (χ2n) is 6.23. The summed E-state index contributed by atoms with van der Waals surface area (Å²) in [6.45, 7) is 8.03. The first-order valence-electron chi connectivity index (χ1n) is 7.03. The van der Waals surface area contributed by atoms with Crippen LogP contribution in [-0.4, -0.2) is 5.11 Å². The van der Waals surface area contributed by atoms with Gasteiger partial charge in [-0.15, -0.1) is 0 Å². The van der Waals surface area contributed by atoms with E-state index in [4.69, 9.17) is 4.74 Å². The quantitative estimate of drug-likeness (QED) is 0.864. The highest BCUT2D eigenvalue weighted by molar-refractivity contribution is 5.40. The molecule has 2 aromatic rings. The minimum atomic E-state index is -0.787. The molecule has 0 amide bonds. The SMILES string of the molecule is C[C@@H](O)c1cc(F)ccc1Oc1ccc(C(C)(C)C)cc1. The topological polar surface area (TPSA) is 29.5 Å². The van der Waals surface area contributed by atoms with Crippen molar-refractivity contribution < 1.29 is 14.2 Å². The molecule has 0 saturated heterocycles. The molecule has 0 heterocycles.